The monoisotopic (exact) mass is 358 g/mol. The molecule has 0 aromatic carbocycles. The molecule has 0 amide bonds. The molecule has 16 heavy (non-hydrogen) atoms. The van der Waals surface area contributed by atoms with Gasteiger partial charge in [-0.2, -0.15) is 22.2 Å². The van der Waals surface area contributed by atoms with Crippen LogP contribution in [-0.2, 0) is 0 Å². The average molecular weight is 361 g/mol. The summed E-state index contributed by atoms with van der Waals surface area (Å²) in [7, 11) is -1.72. The SMILES string of the molecule is CCCCCCCC(C[Si](Cl)(Cl)Cl)[SiH](Cl)Cl. The van der Waals surface area contributed by atoms with Crippen LogP contribution in [0.15, 0.2) is 0 Å². The Morgan fingerprint density at radius 3 is 2.00 bits per heavy atom. The van der Waals surface area contributed by atoms with Crippen molar-refractivity contribution in [2.75, 3.05) is 0 Å². The maximum absolute atomic E-state index is 6.04. The van der Waals surface area contributed by atoms with Crippen molar-refractivity contribution >= 4 is 68.8 Å². The molecule has 0 aliphatic carbocycles. The van der Waals surface area contributed by atoms with E-state index in [2.05, 4.69) is 6.92 Å². The molecule has 0 rings (SSSR count). The molecule has 0 saturated carbocycles. The Hall–Kier alpha value is 1.88. The summed E-state index contributed by atoms with van der Waals surface area (Å²) in [6.45, 7) is 2.21. The van der Waals surface area contributed by atoms with Gasteiger partial charge in [0.1, 0.15) is 0 Å². The lowest BCUT2D eigenvalue weighted by molar-refractivity contribution is 0.600. The lowest BCUT2D eigenvalue weighted by atomic mass is 10.1. The fourth-order valence-corrected chi connectivity index (χ4v) is 10.2. The summed E-state index contributed by atoms with van der Waals surface area (Å²) in [4.78, 5) is 0. The number of hydrogen-bond donors (Lipinski definition) is 0. The highest BCUT2D eigenvalue weighted by molar-refractivity contribution is 7.65. The van der Waals surface area contributed by atoms with E-state index in [1.165, 1.54) is 25.7 Å². The topological polar surface area (TPSA) is 0 Å². The van der Waals surface area contributed by atoms with Crippen LogP contribution >= 0.6 is 55.4 Å². The Kier molecular flexibility index (Phi) is 10.9. The lowest BCUT2D eigenvalue weighted by Crippen LogP contribution is -2.18. The summed E-state index contributed by atoms with van der Waals surface area (Å²) >= 11 is 29.8. The molecule has 0 aromatic heterocycles. The van der Waals surface area contributed by atoms with E-state index in [0.717, 1.165) is 12.8 Å². The molecule has 1 atom stereocenters. The van der Waals surface area contributed by atoms with Crippen molar-refractivity contribution in [2.45, 2.75) is 57.0 Å². The van der Waals surface area contributed by atoms with Gasteiger partial charge < -0.3 is 0 Å². The van der Waals surface area contributed by atoms with Crippen molar-refractivity contribution in [1.29, 1.82) is 0 Å². The van der Waals surface area contributed by atoms with Crippen molar-refractivity contribution in [3.05, 3.63) is 0 Å². The number of rotatable bonds is 9. The van der Waals surface area contributed by atoms with E-state index in [-0.39, 0.29) is 5.54 Å². The van der Waals surface area contributed by atoms with Gasteiger partial charge in [-0.05, 0) is 11.6 Å². The molecule has 0 spiro atoms. The van der Waals surface area contributed by atoms with E-state index in [1.54, 1.807) is 0 Å². The molecule has 1 unspecified atom stereocenters. The van der Waals surface area contributed by atoms with Crippen molar-refractivity contribution in [1.82, 2.24) is 0 Å². The molecule has 0 aliphatic heterocycles. The minimum Gasteiger partial charge on any atom is -0.150 e. The van der Waals surface area contributed by atoms with E-state index >= 15 is 0 Å². The van der Waals surface area contributed by atoms with Crippen LogP contribution in [0.25, 0.3) is 0 Å². The number of hydrogen-bond acceptors (Lipinski definition) is 0. The fourth-order valence-electron chi connectivity index (χ4n) is 1.62. The quantitative estimate of drug-likeness (QED) is 0.266. The summed E-state index contributed by atoms with van der Waals surface area (Å²) in [6, 6.07) is -1.96. The van der Waals surface area contributed by atoms with Crippen molar-refractivity contribution in [3.63, 3.8) is 0 Å². The van der Waals surface area contributed by atoms with E-state index in [4.69, 9.17) is 55.4 Å². The van der Waals surface area contributed by atoms with Gasteiger partial charge in [-0.25, -0.2) is 0 Å². The lowest BCUT2D eigenvalue weighted by Gasteiger charge is -2.19. The number of unbranched alkanes of at least 4 members (excludes halogenated alkanes) is 4. The largest absolute Gasteiger partial charge is 0.341 e. The number of halogens is 5. The highest BCUT2D eigenvalue weighted by Gasteiger charge is 2.32. The second kappa shape index (κ2) is 9.77. The van der Waals surface area contributed by atoms with Crippen LogP contribution in [0.1, 0.15) is 45.4 Å². The summed E-state index contributed by atoms with van der Waals surface area (Å²) < 4.78 is 0. The van der Waals surface area contributed by atoms with Crippen LogP contribution in [0.3, 0.4) is 0 Å². The molecule has 0 saturated heterocycles. The summed E-state index contributed by atoms with van der Waals surface area (Å²) in [6.07, 6.45) is 7.25. The third-order valence-corrected chi connectivity index (χ3v) is 8.80. The molecule has 0 aliphatic rings. The first-order chi connectivity index (χ1) is 7.37. The van der Waals surface area contributed by atoms with E-state index in [1.807, 2.05) is 0 Å². The van der Waals surface area contributed by atoms with Crippen molar-refractivity contribution in [3.8, 4) is 0 Å². The van der Waals surface area contributed by atoms with Gasteiger partial charge in [0.05, 0.1) is 0 Å². The summed E-state index contributed by atoms with van der Waals surface area (Å²) in [5, 5.41) is 0. The average Bonchev–Trinajstić information content (AvgIpc) is 2.13. The van der Waals surface area contributed by atoms with Crippen LogP contribution < -0.4 is 0 Å². The highest BCUT2D eigenvalue weighted by atomic mass is 35.8. The van der Waals surface area contributed by atoms with E-state index in [0.29, 0.717) is 6.04 Å². The zero-order valence-corrected chi connectivity index (χ0v) is 15.4. The predicted molar refractivity (Wildman–Crippen MR) is 84.1 cm³/mol. The van der Waals surface area contributed by atoms with Crippen LogP contribution in [0.2, 0.25) is 11.6 Å². The zero-order chi connectivity index (χ0) is 12.6. The van der Waals surface area contributed by atoms with Gasteiger partial charge in [-0.15, -0.1) is 33.2 Å². The molecular formula is C9H19Cl5Si2. The van der Waals surface area contributed by atoms with Gasteiger partial charge in [0.15, 0.2) is 0 Å². The standard InChI is InChI=1S/C9H19Cl5Si2/c1-2-3-4-5-6-7-9(15(10)11)8-16(12,13)14/h9,15H,2-8H2,1H3. The van der Waals surface area contributed by atoms with Gasteiger partial charge in [-0.3, -0.25) is 0 Å². The van der Waals surface area contributed by atoms with Gasteiger partial charge in [0.2, 0.25) is 7.42 Å². The Labute approximate surface area is 125 Å². The molecule has 0 radical (unpaired) electrons. The summed E-state index contributed by atoms with van der Waals surface area (Å²) in [5.41, 5.74) is 0.268. The first-order valence-corrected chi connectivity index (χ1v) is 15.1. The summed E-state index contributed by atoms with van der Waals surface area (Å²) in [5.74, 6) is 0. The molecule has 0 N–H and O–H groups in total. The third kappa shape index (κ3) is 11.0. The molecule has 0 aromatic rings. The Morgan fingerprint density at radius 2 is 1.56 bits per heavy atom. The van der Waals surface area contributed by atoms with Gasteiger partial charge in [0.25, 0.3) is 0 Å². The Bertz CT molecular complexity index is 172. The van der Waals surface area contributed by atoms with Crippen molar-refractivity contribution in [2.24, 2.45) is 0 Å². The minimum absolute atomic E-state index is 0.268. The minimum atomic E-state index is -2.58. The first-order valence-electron chi connectivity index (χ1n) is 5.71. The smallest absolute Gasteiger partial charge is 0.150 e. The molecular weight excluding hydrogens is 342 g/mol. The van der Waals surface area contributed by atoms with Crippen molar-refractivity contribution < 1.29 is 0 Å². The Balaban J connectivity index is 3.78. The van der Waals surface area contributed by atoms with Gasteiger partial charge in [0, 0.05) is 0 Å². The van der Waals surface area contributed by atoms with E-state index in [9.17, 15) is 0 Å². The van der Waals surface area contributed by atoms with Gasteiger partial charge in [-0.1, -0.05) is 45.4 Å². The molecule has 0 bridgehead atoms. The molecule has 7 heteroatoms. The maximum atomic E-state index is 6.04. The van der Waals surface area contributed by atoms with Crippen LogP contribution in [-0.4, -0.2) is 13.4 Å². The van der Waals surface area contributed by atoms with Crippen LogP contribution in [0.4, 0.5) is 0 Å². The van der Waals surface area contributed by atoms with Gasteiger partial charge >= 0.3 is 6.00 Å². The fraction of sp³-hybridized carbons (Fsp3) is 1.00. The zero-order valence-electron chi connectivity index (χ0n) is 9.49. The molecule has 0 heterocycles. The van der Waals surface area contributed by atoms with Crippen LogP contribution in [0, 0.1) is 0 Å². The highest BCUT2D eigenvalue weighted by Crippen LogP contribution is 2.38. The van der Waals surface area contributed by atoms with E-state index < -0.39 is 13.4 Å². The normalized spacial score (nSPS) is 14.4. The second-order valence-electron chi connectivity index (χ2n) is 4.12. The molecule has 98 valence electrons. The Morgan fingerprint density at radius 1 is 1.00 bits per heavy atom. The molecule has 0 nitrogen and oxygen atoms in total. The third-order valence-electron chi connectivity index (χ3n) is 2.53. The molecule has 0 fully saturated rings. The first kappa shape index (κ1) is 17.9. The predicted octanol–water partition coefficient (Wildman–Crippen LogP) is 6.07. The maximum Gasteiger partial charge on any atom is 0.341 e. The van der Waals surface area contributed by atoms with Crippen LogP contribution in [0.5, 0.6) is 0 Å². The second-order valence-corrected chi connectivity index (χ2v) is 18.4.